The summed E-state index contributed by atoms with van der Waals surface area (Å²) in [7, 11) is 1.78. The van der Waals surface area contributed by atoms with Gasteiger partial charge in [0.25, 0.3) is 0 Å². The first-order valence-electron chi connectivity index (χ1n) is 10.7. The van der Waals surface area contributed by atoms with Crippen molar-refractivity contribution < 1.29 is 4.79 Å². The van der Waals surface area contributed by atoms with Gasteiger partial charge in [-0.3, -0.25) is 4.99 Å². The highest BCUT2D eigenvalue weighted by Gasteiger charge is 2.17. The number of benzene rings is 2. The summed E-state index contributed by atoms with van der Waals surface area (Å²) < 4.78 is 0. The number of carbonyl (C=O) groups is 1. The first kappa shape index (κ1) is 21.7. The van der Waals surface area contributed by atoms with Gasteiger partial charge in [-0.25, -0.2) is 4.79 Å². The molecule has 0 aliphatic carbocycles. The van der Waals surface area contributed by atoms with Gasteiger partial charge < -0.3 is 20.9 Å². The molecule has 6 heteroatoms. The molecule has 0 radical (unpaired) electrons. The van der Waals surface area contributed by atoms with E-state index < -0.39 is 0 Å². The molecule has 1 aliphatic rings. The molecule has 1 fully saturated rings. The summed E-state index contributed by atoms with van der Waals surface area (Å²) >= 11 is 0. The zero-order valence-electron chi connectivity index (χ0n) is 18.2. The second kappa shape index (κ2) is 10.7. The van der Waals surface area contributed by atoms with E-state index in [4.69, 9.17) is 0 Å². The molecule has 1 atom stereocenters. The lowest BCUT2D eigenvalue weighted by Crippen LogP contribution is -2.38. The van der Waals surface area contributed by atoms with Gasteiger partial charge in [-0.2, -0.15) is 0 Å². The highest BCUT2D eigenvalue weighted by atomic mass is 16.2. The number of carbonyl (C=O) groups excluding carboxylic acids is 1. The molecule has 30 heavy (non-hydrogen) atoms. The van der Waals surface area contributed by atoms with Crippen molar-refractivity contribution in [3.63, 3.8) is 0 Å². The summed E-state index contributed by atoms with van der Waals surface area (Å²) in [5, 5.41) is 9.76. The molecule has 160 valence electrons. The second-order valence-corrected chi connectivity index (χ2v) is 7.95. The molecule has 6 nitrogen and oxygen atoms in total. The smallest absolute Gasteiger partial charge is 0.321 e. The van der Waals surface area contributed by atoms with E-state index in [0.717, 1.165) is 49.7 Å². The molecule has 2 amide bonds. The van der Waals surface area contributed by atoms with Crippen molar-refractivity contribution in [2.24, 2.45) is 4.99 Å². The van der Waals surface area contributed by atoms with Gasteiger partial charge in [-0.1, -0.05) is 48.9 Å². The molecule has 1 heterocycles. The van der Waals surface area contributed by atoms with Gasteiger partial charge in [0.05, 0.1) is 0 Å². The molecule has 1 unspecified atom stereocenters. The first-order chi connectivity index (χ1) is 14.5. The van der Waals surface area contributed by atoms with Gasteiger partial charge in [0, 0.05) is 38.9 Å². The SMILES string of the molecule is CN=C(NCc1cccc(NC(=O)N2CCCC2)c1)NCC(C)c1cccc(C)c1. The highest BCUT2D eigenvalue weighted by Crippen LogP contribution is 2.16. The monoisotopic (exact) mass is 407 g/mol. The van der Waals surface area contributed by atoms with Crippen LogP contribution in [0.15, 0.2) is 53.5 Å². The van der Waals surface area contributed by atoms with Crippen molar-refractivity contribution in [2.75, 3.05) is 32.0 Å². The molecule has 3 rings (SSSR count). The van der Waals surface area contributed by atoms with Crippen LogP contribution < -0.4 is 16.0 Å². The molecule has 1 saturated heterocycles. The molecule has 0 aromatic heterocycles. The molecular formula is C24H33N5O. The number of aryl methyl sites for hydroxylation is 1. The van der Waals surface area contributed by atoms with Crippen LogP contribution in [0.4, 0.5) is 10.5 Å². The summed E-state index contributed by atoms with van der Waals surface area (Å²) in [5.74, 6) is 1.15. The topological polar surface area (TPSA) is 68.8 Å². The van der Waals surface area contributed by atoms with Crippen LogP contribution in [-0.2, 0) is 6.54 Å². The summed E-state index contributed by atoms with van der Waals surface area (Å²) in [6.07, 6.45) is 2.18. The summed E-state index contributed by atoms with van der Waals surface area (Å²) in [4.78, 5) is 18.5. The van der Waals surface area contributed by atoms with Crippen LogP contribution in [0.2, 0.25) is 0 Å². The van der Waals surface area contributed by atoms with Gasteiger partial charge >= 0.3 is 6.03 Å². The van der Waals surface area contributed by atoms with E-state index in [9.17, 15) is 4.79 Å². The predicted octanol–water partition coefficient (Wildman–Crippen LogP) is 4.09. The fraction of sp³-hybridized carbons (Fsp3) is 0.417. The quantitative estimate of drug-likeness (QED) is 0.499. The Hall–Kier alpha value is -3.02. The average Bonchev–Trinajstić information content (AvgIpc) is 3.29. The third-order valence-electron chi connectivity index (χ3n) is 5.44. The molecule has 3 N–H and O–H groups in total. The Balaban J connectivity index is 1.49. The minimum absolute atomic E-state index is 0.0137. The number of anilines is 1. The standard InChI is InChI=1S/C24H33N5O/c1-18-8-6-10-21(14-18)19(2)16-26-23(25-3)27-17-20-9-7-11-22(15-20)28-24(30)29-12-4-5-13-29/h6-11,14-15,19H,4-5,12-13,16-17H2,1-3H3,(H,28,30)(H2,25,26,27). The number of nitrogens with one attached hydrogen (secondary N) is 3. The number of urea groups is 1. The van der Waals surface area contributed by atoms with E-state index in [-0.39, 0.29) is 6.03 Å². The number of aliphatic imine (C=N–C) groups is 1. The van der Waals surface area contributed by atoms with E-state index in [2.05, 4.69) is 59.1 Å². The maximum Gasteiger partial charge on any atom is 0.321 e. The number of rotatable bonds is 6. The Morgan fingerprint density at radius 3 is 2.60 bits per heavy atom. The lowest BCUT2D eigenvalue weighted by molar-refractivity contribution is 0.222. The van der Waals surface area contributed by atoms with E-state index in [1.54, 1.807) is 7.05 Å². The molecule has 0 saturated carbocycles. The van der Waals surface area contributed by atoms with Gasteiger partial charge in [0.15, 0.2) is 5.96 Å². The van der Waals surface area contributed by atoms with Gasteiger partial charge in [-0.15, -0.1) is 0 Å². The number of hydrogen-bond donors (Lipinski definition) is 3. The molecule has 1 aliphatic heterocycles. The Kier molecular flexibility index (Phi) is 7.71. The van der Waals surface area contributed by atoms with E-state index in [0.29, 0.717) is 12.5 Å². The third kappa shape index (κ3) is 6.24. The Morgan fingerprint density at radius 1 is 1.10 bits per heavy atom. The van der Waals surface area contributed by atoms with E-state index in [1.165, 1.54) is 11.1 Å². The fourth-order valence-corrected chi connectivity index (χ4v) is 3.63. The normalized spacial score (nSPS) is 15.0. The van der Waals surface area contributed by atoms with Crippen molar-refractivity contribution in [3.8, 4) is 0 Å². The van der Waals surface area contributed by atoms with Crippen molar-refractivity contribution >= 4 is 17.7 Å². The Labute approximate surface area is 179 Å². The Bertz CT molecular complexity index is 873. The zero-order chi connectivity index (χ0) is 21.3. The summed E-state index contributed by atoms with van der Waals surface area (Å²) in [6.45, 7) is 7.44. The highest BCUT2D eigenvalue weighted by molar-refractivity contribution is 5.89. The van der Waals surface area contributed by atoms with Crippen LogP contribution in [-0.4, -0.2) is 43.6 Å². The number of guanidine groups is 1. The van der Waals surface area contributed by atoms with Gasteiger partial charge in [-0.05, 0) is 48.9 Å². The molecule has 2 aromatic carbocycles. The maximum atomic E-state index is 12.3. The maximum absolute atomic E-state index is 12.3. The largest absolute Gasteiger partial charge is 0.356 e. The van der Waals surface area contributed by atoms with Crippen LogP contribution in [0, 0.1) is 6.92 Å². The van der Waals surface area contributed by atoms with Gasteiger partial charge in [0.1, 0.15) is 0 Å². The van der Waals surface area contributed by atoms with Crippen molar-refractivity contribution in [3.05, 3.63) is 65.2 Å². The van der Waals surface area contributed by atoms with Crippen molar-refractivity contribution in [1.82, 2.24) is 15.5 Å². The summed E-state index contributed by atoms with van der Waals surface area (Å²) in [5.41, 5.74) is 4.50. The minimum atomic E-state index is -0.0137. The van der Waals surface area contributed by atoms with Crippen LogP contribution >= 0.6 is 0 Å². The predicted molar refractivity (Wildman–Crippen MR) is 124 cm³/mol. The third-order valence-corrected chi connectivity index (χ3v) is 5.44. The molecular weight excluding hydrogens is 374 g/mol. The van der Waals surface area contributed by atoms with Crippen LogP contribution in [0.1, 0.15) is 42.4 Å². The Morgan fingerprint density at radius 2 is 1.87 bits per heavy atom. The lowest BCUT2D eigenvalue weighted by atomic mass is 9.99. The van der Waals surface area contributed by atoms with E-state index in [1.807, 2.05) is 29.2 Å². The van der Waals surface area contributed by atoms with Crippen LogP contribution in [0.5, 0.6) is 0 Å². The molecule has 0 bridgehead atoms. The summed E-state index contributed by atoms with van der Waals surface area (Å²) in [6, 6.07) is 16.5. The fourth-order valence-electron chi connectivity index (χ4n) is 3.63. The van der Waals surface area contributed by atoms with Gasteiger partial charge in [0.2, 0.25) is 0 Å². The second-order valence-electron chi connectivity index (χ2n) is 7.95. The average molecular weight is 408 g/mol. The van der Waals surface area contributed by atoms with E-state index >= 15 is 0 Å². The minimum Gasteiger partial charge on any atom is -0.356 e. The number of likely N-dealkylation sites (tertiary alicyclic amines) is 1. The van der Waals surface area contributed by atoms with Crippen LogP contribution in [0.3, 0.4) is 0 Å². The molecule has 2 aromatic rings. The number of amides is 2. The zero-order valence-corrected chi connectivity index (χ0v) is 18.2. The van der Waals surface area contributed by atoms with Crippen molar-refractivity contribution in [1.29, 1.82) is 0 Å². The van der Waals surface area contributed by atoms with Crippen LogP contribution in [0.25, 0.3) is 0 Å². The van der Waals surface area contributed by atoms with Crippen molar-refractivity contribution in [2.45, 2.75) is 39.2 Å². The molecule has 0 spiro atoms. The first-order valence-corrected chi connectivity index (χ1v) is 10.7. The number of hydrogen-bond acceptors (Lipinski definition) is 2. The lowest BCUT2D eigenvalue weighted by Gasteiger charge is -2.18. The number of nitrogens with zero attached hydrogens (tertiary/aromatic N) is 2.